The quantitative estimate of drug-likeness (QED) is 0.0242. The summed E-state index contributed by atoms with van der Waals surface area (Å²) >= 11 is 0. The molecule has 15 heteroatoms. The van der Waals surface area contributed by atoms with Crippen LogP contribution in [0.5, 0.6) is 0 Å². The number of rotatable bonds is 48. The van der Waals surface area contributed by atoms with E-state index in [1.165, 1.54) is 0 Å². The molecule has 0 aromatic carbocycles. The molecule has 0 rings (SSSR count). The molecule has 414 valence electrons. The molecule has 0 aromatic rings. The topological polar surface area (TPSA) is 187 Å². The second-order valence-electron chi connectivity index (χ2n) is 20.2. The van der Waals surface area contributed by atoms with E-state index in [-0.39, 0.29) is 44.0 Å². The van der Waals surface area contributed by atoms with Crippen molar-refractivity contribution >= 4 is 41.8 Å². The summed E-state index contributed by atoms with van der Waals surface area (Å²) in [6.07, 6.45) is 23.0. The van der Waals surface area contributed by atoms with Crippen molar-refractivity contribution in [2.24, 2.45) is 23.2 Å². The monoisotopic (exact) mass is 1010 g/mol. The molecule has 3 unspecified atom stereocenters. The number of ether oxygens (including phenoxy) is 7. The van der Waals surface area contributed by atoms with Gasteiger partial charge in [0.15, 0.2) is 0 Å². The maximum atomic E-state index is 13.3. The summed E-state index contributed by atoms with van der Waals surface area (Å²) in [5, 5.41) is 0. The highest BCUT2D eigenvalue weighted by atomic mass is 16.6. The van der Waals surface area contributed by atoms with Crippen LogP contribution in [-0.4, -0.2) is 114 Å². The highest BCUT2D eigenvalue weighted by molar-refractivity contribution is 5.92. The van der Waals surface area contributed by atoms with Crippen molar-refractivity contribution < 1.29 is 66.7 Å². The minimum absolute atomic E-state index is 0.0324. The van der Waals surface area contributed by atoms with Crippen LogP contribution >= 0.6 is 0 Å². The summed E-state index contributed by atoms with van der Waals surface area (Å²) in [4.78, 5) is 93.7. The lowest BCUT2D eigenvalue weighted by Crippen LogP contribution is -2.44. The fourth-order valence-electron chi connectivity index (χ4n) is 8.08. The first kappa shape index (κ1) is 67.2. The third kappa shape index (κ3) is 39.5. The van der Waals surface area contributed by atoms with Crippen molar-refractivity contribution in [3.8, 4) is 0 Å². The molecule has 0 bridgehead atoms. The molecule has 15 nitrogen and oxygen atoms in total. The van der Waals surface area contributed by atoms with Crippen LogP contribution in [0.3, 0.4) is 0 Å². The first-order valence-corrected chi connectivity index (χ1v) is 27.9. The Kier molecular flexibility index (Phi) is 42.5. The van der Waals surface area contributed by atoms with E-state index >= 15 is 0 Å². The van der Waals surface area contributed by atoms with Gasteiger partial charge in [0, 0.05) is 6.42 Å². The summed E-state index contributed by atoms with van der Waals surface area (Å²) in [5.74, 6) is -5.30. The fraction of sp³-hybridized carbons (Fsp3) is 0.875. The number of hydrogen-bond donors (Lipinski definition) is 0. The summed E-state index contributed by atoms with van der Waals surface area (Å²) in [6.45, 7) is 11.5. The Labute approximate surface area is 429 Å². The average molecular weight is 1010 g/mol. The van der Waals surface area contributed by atoms with Crippen molar-refractivity contribution in [1.82, 2.24) is 4.90 Å². The van der Waals surface area contributed by atoms with E-state index in [0.717, 1.165) is 154 Å². The molecule has 0 aromatic heterocycles. The molecule has 3 atom stereocenters. The Bertz CT molecular complexity index is 1280. The van der Waals surface area contributed by atoms with Gasteiger partial charge in [-0.3, -0.25) is 33.6 Å². The van der Waals surface area contributed by atoms with E-state index in [4.69, 9.17) is 33.2 Å². The average Bonchev–Trinajstić information content (AvgIpc) is 3.34. The lowest BCUT2D eigenvalue weighted by Gasteiger charge is -2.31. The van der Waals surface area contributed by atoms with E-state index < -0.39 is 92.9 Å². The molecule has 0 radical (unpaired) electrons. The van der Waals surface area contributed by atoms with Crippen molar-refractivity contribution in [2.75, 3.05) is 66.9 Å². The molecule has 0 N–H and O–H groups in total. The zero-order valence-corrected chi connectivity index (χ0v) is 46.1. The summed E-state index contributed by atoms with van der Waals surface area (Å²) in [6, 6.07) is 0. The molecule has 0 fully saturated rings. The minimum Gasteiger partial charge on any atom is -0.465 e. The zero-order valence-electron chi connectivity index (χ0n) is 46.1. The minimum atomic E-state index is -1.72. The smallest absolute Gasteiger partial charge is 0.317 e. The molecule has 0 saturated carbocycles. The van der Waals surface area contributed by atoms with Crippen molar-refractivity contribution in [1.29, 1.82) is 0 Å². The third-order valence-electron chi connectivity index (χ3n) is 12.7. The standard InChI is InChI=1S/C56H101NO14/c1-9-15-21-24-31-46(28-18-12-4)39-65-50(59)36-53(62)69-43-56(42-68-49(58)34-27-35-57(7)8,44-70-54(63)37-51(60)66-40-47(29-19-13-5)32-25-22-16-10-2)45-71-55(64)38-52(61)67-41-48(30-20-14-6)33-26-23-17-11-3/h46-48H,9-45H2,1-8H3. The van der Waals surface area contributed by atoms with E-state index in [2.05, 4.69) is 41.5 Å². The van der Waals surface area contributed by atoms with Crippen molar-refractivity contribution in [3.05, 3.63) is 0 Å². The second-order valence-corrected chi connectivity index (χ2v) is 20.2. The maximum Gasteiger partial charge on any atom is 0.317 e. The number of esters is 7. The number of carbonyl (C=O) groups excluding carboxylic acids is 7. The number of nitrogens with zero attached hydrogens (tertiary/aromatic N) is 1. The van der Waals surface area contributed by atoms with Crippen molar-refractivity contribution in [2.45, 2.75) is 228 Å². The van der Waals surface area contributed by atoms with Gasteiger partial charge in [0.05, 0.1) is 19.8 Å². The Morgan fingerprint density at radius 2 is 0.606 bits per heavy atom. The molecule has 0 amide bonds. The summed E-state index contributed by atoms with van der Waals surface area (Å²) in [7, 11) is 3.74. The van der Waals surface area contributed by atoms with Crippen LogP contribution < -0.4 is 0 Å². The number of carbonyl (C=O) groups is 7. The maximum absolute atomic E-state index is 13.3. The molecular weight excluding hydrogens is 911 g/mol. The highest BCUT2D eigenvalue weighted by Gasteiger charge is 2.39. The van der Waals surface area contributed by atoms with Gasteiger partial charge in [-0.1, -0.05) is 157 Å². The molecule has 0 heterocycles. The van der Waals surface area contributed by atoms with Gasteiger partial charge in [-0.15, -0.1) is 0 Å². The van der Waals surface area contributed by atoms with Gasteiger partial charge < -0.3 is 38.1 Å². The third-order valence-corrected chi connectivity index (χ3v) is 12.7. The Balaban J connectivity index is 6.30. The zero-order chi connectivity index (χ0) is 53.0. The molecular formula is C56H101NO14. The Morgan fingerprint density at radius 3 is 0.887 bits per heavy atom. The van der Waals surface area contributed by atoms with Crippen LogP contribution in [0, 0.1) is 23.2 Å². The van der Waals surface area contributed by atoms with Gasteiger partial charge in [0.2, 0.25) is 0 Å². The number of hydrogen-bond acceptors (Lipinski definition) is 15. The predicted molar refractivity (Wildman–Crippen MR) is 276 cm³/mol. The first-order valence-electron chi connectivity index (χ1n) is 27.9. The van der Waals surface area contributed by atoms with Crippen LogP contribution in [0.1, 0.15) is 228 Å². The summed E-state index contributed by atoms with van der Waals surface area (Å²) in [5.41, 5.74) is -1.72. The lowest BCUT2D eigenvalue weighted by atomic mass is 9.92. The molecule has 71 heavy (non-hydrogen) atoms. The second kappa shape index (κ2) is 44.9. The van der Waals surface area contributed by atoms with Crippen LogP contribution in [0.2, 0.25) is 0 Å². The van der Waals surface area contributed by atoms with Crippen LogP contribution in [0.4, 0.5) is 0 Å². The molecule has 0 saturated heterocycles. The van der Waals surface area contributed by atoms with Gasteiger partial charge in [0.1, 0.15) is 51.1 Å². The van der Waals surface area contributed by atoms with Gasteiger partial charge in [-0.25, -0.2) is 0 Å². The molecule has 0 aliphatic carbocycles. The highest BCUT2D eigenvalue weighted by Crippen LogP contribution is 2.25. The van der Waals surface area contributed by atoms with Gasteiger partial charge in [-0.2, -0.15) is 0 Å². The van der Waals surface area contributed by atoms with Crippen LogP contribution in [0.25, 0.3) is 0 Å². The normalized spacial score (nSPS) is 13.4. The van der Waals surface area contributed by atoms with E-state index in [9.17, 15) is 33.6 Å². The Morgan fingerprint density at radius 1 is 0.338 bits per heavy atom. The SMILES string of the molecule is CCCCCCC(CCCC)COC(=O)CC(=O)OCC(COC(=O)CCCN(C)C)(COC(=O)CC(=O)OCC(CCCC)CCCCCC)COC(=O)CC(=O)OCC(CCCC)CCCCCC. The fourth-order valence-corrected chi connectivity index (χ4v) is 8.08. The largest absolute Gasteiger partial charge is 0.465 e. The van der Waals surface area contributed by atoms with E-state index in [1.807, 2.05) is 19.0 Å². The Hall–Kier alpha value is -3.75. The lowest BCUT2D eigenvalue weighted by molar-refractivity contribution is -0.172. The predicted octanol–water partition coefficient (Wildman–Crippen LogP) is 11.6. The van der Waals surface area contributed by atoms with E-state index in [0.29, 0.717) is 13.0 Å². The van der Waals surface area contributed by atoms with Gasteiger partial charge in [-0.05, 0) is 83.3 Å². The summed E-state index contributed by atoms with van der Waals surface area (Å²) < 4.78 is 39.1. The van der Waals surface area contributed by atoms with Gasteiger partial charge in [0.25, 0.3) is 0 Å². The molecule has 0 aliphatic rings. The van der Waals surface area contributed by atoms with E-state index in [1.54, 1.807) is 0 Å². The molecule has 0 spiro atoms. The van der Waals surface area contributed by atoms with Crippen LogP contribution in [0.15, 0.2) is 0 Å². The van der Waals surface area contributed by atoms with Crippen molar-refractivity contribution in [3.63, 3.8) is 0 Å². The first-order chi connectivity index (χ1) is 34.2. The van der Waals surface area contributed by atoms with Crippen LogP contribution in [-0.2, 0) is 66.7 Å². The number of unbranched alkanes of at least 4 members (excludes halogenated alkanes) is 12. The van der Waals surface area contributed by atoms with Gasteiger partial charge >= 0.3 is 41.8 Å². The molecule has 0 aliphatic heterocycles.